The lowest BCUT2D eigenvalue weighted by molar-refractivity contribution is 0.307. The van der Waals surface area contributed by atoms with Crippen molar-refractivity contribution in [2.75, 3.05) is 17.7 Å². The van der Waals surface area contributed by atoms with Gasteiger partial charge in [0.05, 0.1) is 18.0 Å². The number of anilines is 3. The van der Waals surface area contributed by atoms with Gasteiger partial charge >= 0.3 is 0 Å². The van der Waals surface area contributed by atoms with Crippen LogP contribution < -0.4 is 15.8 Å². The zero-order valence-corrected chi connectivity index (χ0v) is 11.0. The van der Waals surface area contributed by atoms with Crippen molar-refractivity contribution in [2.24, 2.45) is 0 Å². The molecule has 0 amide bonds. The number of benzene rings is 1. The standard InChI is InChI=1S/C14H15F2N3O/c1-2-8-20-14-10(17)6-7-12(19-14)18-11-5-3-4-9(15)13(11)16/h3-7H,2,8,17H2,1H3,(H,18,19). The zero-order valence-electron chi connectivity index (χ0n) is 11.0. The van der Waals surface area contributed by atoms with Crippen molar-refractivity contribution in [3.8, 4) is 5.88 Å². The highest BCUT2D eigenvalue weighted by Crippen LogP contribution is 2.25. The van der Waals surface area contributed by atoms with Crippen LogP contribution in [-0.4, -0.2) is 11.6 Å². The van der Waals surface area contributed by atoms with Crippen LogP contribution in [0.25, 0.3) is 0 Å². The molecule has 0 aliphatic heterocycles. The van der Waals surface area contributed by atoms with Crippen LogP contribution in [0.4, 0.5) is 26.0 Å². The molecule has 106 valence electrons. The van der Waals surface area contributed by atoms with Crippen molar-refractivity contribution in [3.63, 3.8) is 0 Å². The summed E-state index contributed by atoms with van der Waals surface area (Å²) in [4.78, 5) is 4.13. The number of rotatable bonds is 5. The first-order chi connectivity index (χ1) is 9.61. The van der Waals surface area contributed by atoms with Gasteiger partial charge in [0.2, 0.25) is 5.88 Å². The molecule has 0 aliphatic rings. The summed E-state index contributed by atoms with van der Waals surface area (Å²) in [6.07, 6.45) is 0.817. The molecule has 1 aromatic carbocycles. The topological polar surface area (TPSA) is 60.2 Å². The Kier molecular flexibility index (Phi) is 4.34. The lowest BCUT2D eigenvalue weighted by Gasteiger charge is -2.11. The number of nitrogens with one attached hydrogen (secondary N) is 1. The quantitative estimate of drug-likeness (QED) is 0.879. The molecule has 3 N–H and O–H groups in total. The molecule has 0 saturated heterocycles. The highest BCUT2D eigenvalue weighted by molar-refractivity contribution is 5.61. The summed E-state index contributed by atoms with van der Waals surface area (Å²) in [5, 5.41) is 2.70. The number of pyridine rings is 1. The summed E-state index contributed by atoms with van der Waals surface area (Å²) in [5.41, 5.74) is 6.12. The van der Waals surface area contributed by atoms with E-state index in [1.54, 1.807) is 12.1 Å². The first-order valence-electron chi connectivity index (χ1n) is 6.22. The molecule has 0 fully saturated rings. The van der Waals surface area contributed by atoms with E-state index in [1.165, 1.54) is 12.1 Å². The monoisotopic (exact) mass is 279 g/mol. The highest BCUT2D eigenvalue weighted by Gasteiger charge is 2.09. The molecular weight excluding hydrogens is 264 g/mol. The molecule has 0 spiro atoms. The Bertz CT molecular complexity index is 605. The van der Waals surface area contributed by atoms with Crippen molar-refractivity contribution in [1.29, 1.82) is 0 Å². The van der Waals surface area contributed by atoms with E-state index < -0.39 is 11.6 Å². The second-order valence-electron chi connectivity index (χ2n) is 4.17. The van der Waals surface area contributed by atoms with E-state index in [4.69, 9.17) is 10.5 Å². The van der Waals surface area contributed by atoms with Gasteiger partial charge in [-0.15, -0.1) is 0 Å². The van der Waals surface area contributed by atoms with Crippen molar-refractivity contribution >= 4 is 17.2 Å². The number of nitrogens with zero attached hydrogens (tertiary/aromatic N) is 1. The molecule has 2 aromatic rings. The van der Waals surface area contributed by atoms with Gasteiger partial charge in [0, 0.05) is 0 Å². The lowest BCUT2D eigenvalue weighted by Crippen LogP contribution is -2.04. The lowest BCUT2D eigenvalue weighted by atomic mass is 10.3. The molecular formula is C14H15F2N3O. The van der Waals surface area contributed by atoms with Crippen molar-refractivity contribution in [1.82, 2.24) is 4.98 Å². The molecule has 1 heterocycles. The Morgan fingerprint density at radius 3 is 2.80 bits per heavy atom. The minimum Gasteiger partial charge on any atom is -0.476 e. The first kappa shape index (κ1) is 14.0. The van der Waals surface area contributed by atoms with Crippen molar-refractivity contribution in [2.45, 2.75) is 13.3 Å². The molecule has 20 heavy (non-hydrogen) atoms. The molecule has 0 bridgehead atoms. The number of ether oxygens (including phenoxy) is 1. The molecule has 6 heteroatoms. The predicted molar refractivity (Wildman–Crippen MR) is 74.1 cm³/mol. The van der Waals surface area contributed by atoms with Crippen LogP contribution in [0, 0.1) is 11.6 Å². The number of aromatic nitrogens is 1. The zero-order chi connectivity index (χ0) is 14.5. The minimum absolute atomic E-state index is 0.00344. The molecule has 0 atom stereocenters. The Balaban J connectivity index is 2.23. The SMILES string of the molecule is CCCOc1nc(Nc2cccc(F)c2F)ccc1N. The second-order valence-corrected chi connectivity index (χ2v) is 4.17. The third-order valence-electron chi connectivity index (χ3n) is 2.55. The highest BCUT2D eigenvalue weighted by atomic mass is 19.2. The van der Waals surface area contributed by atoms with Crippen LogP contribution in [0.3, 0.4) is 0 Å². The maximum atomic E-state index is 13.5. The van der Waals surface area contributed by atoms with E-state index in [2.05, 4.69) is 10.3 Å². The van der Waals surface area contributed by atoms with Crippen molar-refractivity contribution < 1.29 is 13.5 Å². The molecule has 2 rings (SSSR count). The number of hydrogen-bond acceptors (Lipinski definition) is 4. The van der Waals surface area contributed by atoms with Crippen molar-refractivity contribution in [3.05, 3.63) is 42.0 Å². The maximum absolute atomic E-state index is 13.5. The van der Waals surface area contributed by atoms with E-state index in [0.717, 1.165) is 12.5 Å². The van der Waals surface area contributed by atoms with Gasteiger partial charge in [-0.2, -0.15) is 4.98 Å². The maximum Gasteiger partial charge on any atom is 0.239 e. The van der Waals surface area contributed by atoms with Crippen LogP contribution in [0.2, 0.25) is 0 Å². The van der Waals surface area contributed by atoms with Crippen LogP contribution >= 0.6 is 0 Å². The second kappa shape index (κ2) is 6.18. The Labute approximate surface area is 115 Å². The number of hydrogen-bond donors (Lipinski definition) is 2. The van der Waals surface area contributed by atoms with Gasteiger partial charge in [-0.25, -0.2) is 8.78 Å². The fraction of sp³-hybridized carbons (Fsp3) is 0.214. The molecule has 0 unspecified atom stereocenters. The van der Waals surface area contributed by atoms with Gasteiger partial charge < -0.3 is 15.8 Å². The fourth-order valence-electron chi connectivity index (χ4n) is 1.57. The molecule has 4 nitrogen and oxygen atoms in total. The Morgan fingerprint density at radius 2 is 2.05 bits per heavy atom. The summed E-state index contributed by atoms with van der Waals surface area (Å²) < 4.78 is 32.0. The molecule has 1 aromatic heterocycles. The van der Waals surface area contributed by atoms with E-state index in [0.29, 0.717) is 18.1 Å². The van der Waals surface area contributed by atoms with Crippen LogP contribution in [-0.2, 0) is 0 Å². The van der Waals surface area contributed by atoms with E-state index in [1.807, 2.05) is 6.92 Å². The van der Waals surface area contributed by atoms with Crippen LogP contribution in [0.15, 0.2) is 30.3 Å². The number of nitrogens with two attached hydrogens (primary N) is 1. The van der Waals surface area contributed by atoms with Gasteiger partial charge in [-0.3, -0.25) is 0 Å². The summed E-state index contributed by atoms with van der Waals surface area (Å²) >= 11 is 0. The number of halogens is 2. The molecule has 0 aliphatic carbocycles. The molecule has 0 saturated carbocycles. The van der Waals surface area contributed by atoms with E-state index >= 15 is 0 Å². The van der Waals surface area contributed by atoms with Gasteiger partial charge in [0.1, 0.15) is 5.82 Å². The Morgan fingerprint density at radius 1 is 1.25 bits per heavy atom. The minimum atomic E-state index is -0.956. The third-order valence-corrected chi connectivity index (χ3v) is 2.55. The summed E-state index contributed by atoms with van der Waals surface area (Å²) in [7, 11) is 0. The predicted octanol–water partition coefficient (Wildman–Crippen LogP) is 3.47. The van der Waals surface area contributed by atoms with E-state index in [9.17, 15) is 8.78 Å². The first-order valence-corrected chi connectivity index (χ1v) is 6.22. The van der Waals surface area contributed by atoms with Gasteiger partial charge in [-0.05, 0) is 30.7 Å². The average Bonchev–Trinajstić information content (AvgIpc) is 2.44. The van der Waals surface area contributed by atoms with Crippen LogP contribution in [0.5, 0.6) is 5.88 Å². The fourth-order valence-corrected chi connectivity index (χ4v) is 1.57. The largest absolute Gasteiger partial charge is 0.476 e. The van der Waals surface area contributed by atoms with Crippen LogP contribution in [0.1, 0.15) is 13.3 Å². The summed E-state index contributed by atoms with van der Waals surface area (Å²) in [6, 6.07) is 7.04. The summed E-state index contributed by atoms with van der Waals surface area (Å²) in [5.74, 6) is -1.28. The van der Waals surface area contributed by atoms with E-state index in [-0.39, 0.29) is 11.6 Å². The van der Waals surface area contributed by atoms with Gasteiger partial charge in [0.25, 0.3) is 0 Å². The van der Waals surface area contributed by atoms with Gasteiger partial charge in [-0.1, -0.05) is 13.0 Å². The number of nitrogen functional groups attached to an aromatic ring is 1. The normalized spacial score (nSPS) is 10.3. The molecule has 0 radical (unpaired) electrons. The average molecular weight is 279 g/mol. The summed E-state index contributed by atoms with van der Waals surface area (Å²) in [6.45, 7) is 2.44. The smallest absolute Gasteiger partial charge is 0.239 e. The van der Waals surface area contributed by atoms with Gasteiger partial charge in [0.15, 0.2) is 11.6 Å². The Hall–Kier alpha value is -2.37. The third kappa shape index (κ3) is 3.14.